The molecule has 2 aromatic carbocycles. The molecule has 3 rings (SSSR count). The van der Waals surface area contributed by atoms with Crippen LogP contribution in [0, 0.1) is 0 Å². The van der Waals surface area contributed by atoms with E-state index in [0.717, 1.165) is 16.7 Å². The van der Waals surface area contributed by atoms with Gasteiger partial charge in [0.25, 0.3) is 0 Å². The molecule has 1 heterocycles. The van der Waals surface area contributed by atoms with Crippen LogP contribution >= 0.6 is 11.6 Å². The molecular weight excluding hydrogens is 392 g/mol. The van der Waals surface area contributed by atoms with Crippen LogP contribution in [0.15, 0.2) is 60.8 Å². The van der Waals surface area contributed by atoms with Crippen LogP contribution in [-0.4, -0.2) is 28.6 Å². The summed E-state index contributed by atoms with van der Waals surface area (Å²) in [7, 11) is 0. The number of pyridine rings is 1. The standard InChI is InChI=1S/C22H19ClN2O4/c1-2-29-21-9-6-16(13-24-21)15-5-3-4-14(10-15)11-20(26)25-19-12-17(23)7-8-18(19)22(27)28/h3-10,12-13H,2,11H2,1H3,(H,25,26)(H,27,28). The molecule has 1 amide bonds. The molecular formula is C22H19ClN2O4. The van der Waals surface area contributed by atoms with Gasteiger partial charge in [-0.25, -0.2) is 9.78 Å². The highest BCUT2D eigenvalue weighted by atomic mass is 35.5. The molecule has 7 heteroatoms. The van der Waals surface area contributed by atoms with Crippen molar-refractivity contribution in [2.24, 2.45) is 0 Å². The molecule has 0 spiro atoms. The van der Waals surface area contributed by atoms with Crippen LogP contribution < -0.4 is 10.1 Å². The van der Waals surface area contributed by atoms with Gasteiger partial charge in [0, 0.05) is 22.8 Å². The minimum atomic E-state index is -1.14. The van der Waals surface area contributed by atoms with Crippen molar-refractivity contribution in [3.63, 3.8) is 0 Å². The fourth-order valence-corrected chi connectivity index (χ4v) is 3.00. The van der Waals surface area contributed by atoms with E-state index in [0.29, 0.717) is 17.5 Å². The van der Waals surface area contributed by atoms with Crippen molar-refractivity contribution in [1.82, 2.24) is 4.98 Å². The molecule has 0 fully saturated rings. The first-order chi connectivity index (χ1) is 14.0. The van der Waals surface area contributed by atoms with Crippen LogP contribution in [0.4, 0.5) is 5.69 Å². The van der Waals surface area contributed by atoms with E-state index in [1.807, 2.05) is 37.3 Å². The number of carboxylic acids is 1. The predicted octanol–water partition coefficient (Wildman–Crippen LogP) is 4.68. The number of nitrogens with one attached hydrogen (secondary N) is 1. The smallest absolute Gasteiger partial charge is 0.337 e. The number of hydrogen-bond acceptors (Lipinski definition) is 4. The zero-order chi connectivity index (χ0) is 20.8. The number of aromatic nitrogens is 1. The van der Waals surface area contributed by atoms with E-state index in [2.05, 4.69) is 10.3 Å². The lowest BCUT2D eigenvalue weighted by molar-refractivity contribution is -0.115. The van der Waals surface area contributed by atoms with E-state index in [9.17, 15) is 14.7 Å². The van der Waals surface area contributed by atoms with Gasteiger partial charge < -0.3 is 15.2 Å². The first kappa shape index (κ1) is 20.4. The summed E-state index contributed by atoms with van der Waals surface area (Å²) in [6, 6.07) is 15.5. The molecule has 148 valence electrons. The fraction of sp³-hybridized carbons (Fsp3) is 0.136. The maximum Gasteiger partial charge on any atom is 0.337 e. The van der Waals surface area contributed by atoms with Crippen molar-refractivity contribution in [1.29, 1.82) is 0 Å². The normalized spacial score (nSPS) is 10.4. The number of aromatic carboxylic acids is 1. The SMILES string of the molecule is CCOc1ccc(-c2cccc(CC(=O)Nc3cc(Cl)ccc3C(=O)O)c2)cn1. The summed E-state index contributed by atoms with van der Waals surface area (Å²) in [5.41, 5.74) is 2.75. The second kappa shape index (κ2) is 9.21. The Morgan fingerprint density at radius 1 is 1.10 bits per heavy atom. The van der Waals surface area contributed by atoms with Gasteiger partial charge in [0.15, 0.2) is 0 Å². The Hall–Kier alpha value is -3.38. The van der Waals surface area contributed by atoms with Gasteiger partial charge in [0.05, 0.1) is 24.3 Å². The Bertz CT molecular complexity index is 1040. The van der Waals surface area contributed by atoms with Gasteiger partial charge in [-0.05, 0) is 42.3 Å². The highest BCUT2D eigenvalue weighted by Gasteiger charge is 2.14. The van der Waals surface area contributed by atoms with Crippen LogP contribution in [0.25, 0.3) is 11.1 Å². The van der Waals surface area contributed by atoms with Crippen LogP contribution in [0.5, 0.6) is 5.88 Å². The average molecular weight is 411 g/mol. The number of carbonyl (C=O) groups excluding carboxylic acids is 1. The highest BCUT2D eigenvalue weighted by molar-refractivity contribution is 6.31. The van der Waals surface area contributed by atoms with E-state index in [1.165, 1.54) is 18.2 Å². The number of benzene rings is 2. The summed E-state index contributed by atoms with van der Waals surface area (Å²) < 4.78 is 5.35. The fourth-order valence-electron chi connectivity index (χ4n) is 2.83. The number of hydrogen-bond donors (Lipinski definition) is 2. The topological polar surface area (TPSA) is 88.5 Å². The van der Waals surface area contributed by atoms with Crippen LogP contribution in [0.2, 0.25) is 5.02 Å². The van der Waals surface area contributed by atoms with Gasteiger partial charge >= 0.3 is 5.97 Å². The van der Waals surface area contributed by atoms with Gasteiger partial charge in [-0.2, -0.15) is 0 Å². The number of rotatable bonds is 7. The molecule has 0 aliphatic carbocycles. The van der Waals surface area contributed by atoms with Crippen molar-refractivity contribution in [3.8, 4) is 17.0 Å². The molecule has 0 unspecified atom stereocenters. The minimum absolute atomic E-state index is 0.0167. The molecule has 0 saturated heterocycles. The molecule has 29 heavy (non-hydrogen) atoms. The summed E-state index contributed by atoms with van der Waals surface area (Å²) in [4.78, 5) is 28.0. The van der Waals surface area contributed by atoms with E-state index < -0.39 is 5.97 Å². The Labute approximate surface area is 173 Å². The van der Waals surface area contributed by atoms with Crippen molar-refractivity contribution < 1.29 is 19.4 Å². The van der Waals surface area contributed by atoms with Crippen LogP contribution in [-0.2, 0) is 11.2 Å². The third-order valence-electron chi connectivity index (χ3n) is 4.14. The van der Waals surface area contributed by atoms with Crippen molar-refractivity contribution in [2.45, 2.75) is 13.3 Å². The van der Waals surface area contributed by atoms with Crippen molar-refractivity contribution in [3.05, 3.63) is 76.9 Å². The average Bonchev–Trinajstić information content (AvgIpc) is 2.69. The van der Waals surface area contributed by atoms with Crippen LogP contribution in [0.1, 0.15) is 22.8 Å². The van der Waals surface area contributed by atoms with E-state index >= 15 is 0 Å². The third kappa shape index (κ3) is 5.33. The largest absolute Gasteiger partial charge is 0.478 e. The molecule has 3 aromatic rings. The number of carbonyl (C=O) groups is 2. The lowest BCUT2D eigenvalue weighted by Crippen LogP contribution is -2.16. The maximum atomic E-state index is 12.5. The summed E-state index contributed by atoms with van der Waals surface area (Å²) >= 11 is 5.93. The third-order valence-corrected chi connectivity index (χ3v) is 4.37. The predicted molar refractivity (Wildman–Crippen MR) is 112 cm³/mol. The number of carboxylic acid groups (broad SMARTS) is 1. The molecule has 0 atom stereocenters. The number of nitrogens with zero attached hydrogens (tertiary/aromatic N) is 1. The quantitative estimate of drug-likeness (QED) is 0.590. The molecule has 0 aliphatic rings. The lowest BCUT2D eigenvalue weighted by Gasteiger charge is -2.10. The van der Waals surface area contributed by atoms with Gasteiger partial charge in [-0.3, -0.25) is 4.79 Å². The second-order valence-corrected chi connectivity index (χ2v) is 6.67. The van der Waals surface area contributed by atoms with Crippen molar-refractivity contribution >= 4 is 29.2 Å². The second-order valence-electron chi connectivity index (χ2n) is 6.24. The molecule has 2 N–H and O–H groups in total. The Morgan fingerprint density at radius 3 is 2.62 bits per heavy atom. The number of ether oxygens (including phenoxy) is 1. The zero-order valence-electron chi connectivity index (χ0n) is 15.7. The van der Waals surface area contributed by atoms with Gasteiger partial charge in [0.2, 0.25) is 11.8 Å². The number of anilines is 1. The number of halogens is 1. The highest BCUT2D eigenvalue weighted by Crippen LogP contribution is 2.23. The van der Waals surface area contributed by atoms with Gasteiger partial charge in [-0.1, -0.05) is 35.9 Å². The summed E-state index contributed by atoms with van der Waals surface area (Å²) in [6.07, 6.45) is 1.80. The maximum absolute atomic E-state index is 12.5. The Morgan fingerprint density at radius 2 is 1.93 bits per heavy atom. The molecule has 0 saturated carbocycles. The minimum Gasteiger partial charge on any atom is -0.478 e. The molecule has 1 aromatic heterocycles. The molecule has 0 radical (unpaired) electrons. The number of amides is 1. The molecule has 0 aliphatic heterocycles. The summed E-state index contributed by atoms with van der Waals surface area (Å²) in [5.74, 6) is -0.916. The first-order valence-electron chi connectivity index (χ1n) is 8.97. The van der Waals surface area contributed by atoms with Gasteiger partial charge in [0.1, 0.15) is 0 Å². The Kier molecular flexibility index (Phi) is 6.46. The summed E-state index contributed by atoms with van der Waals surface area (Å²) in [5, 5.41) is 12.2. The summed E-state index contributed by atoms with van der Waals surface area (Å²) in [6.45, 7) is 2.44. The monoisotopic (exact) mass is 410 g/mol. The van der Waals surface area contributed by atoms with Gasteiger partial charge in [-0.15, -0.1) is 0 Å². The van der Waals surface area contributed by atoms with E-state index in [-0.39, 0.29) is 23.6 Å². The Balaban J connectivity index is 1.74. The lowest BCUT2D eigenvalue weighted by atomic mass is 10.0. The van der Waals surface area contributed by atoms with Crippen molar-refractivity contribution in [2.75, 3.05) is 11.9 Å². The zero-order valence-corrected chi connectivity index (χ0v) is 16.4. The molecule has 0 bridgehead atoms. The van der Waals surface area contributed by atoms with E-state index in [4.69, 9.17) is 16.3 Å². The van der Waals surface area contributed by atoms with E-state index in [1.54, 1.807) is 12.3 Å². The van der Waals surface area contributed by atoms with Crippen LogP contribution in [0.3, 0.4) is 0 Å². The molecule has 6 nitrogen and oxygen atoms in total. The first-order valence-corrected chi connectivity index (χ1v) is 9.35.